The second-order valence-electron chi connectivity index (χ2n) is 6.85. The third-order valence-corrected chi connectivity index (χ3v) is 4.68. The van der Waals surface area contributed by atoms with Gasteiger partial charge in [0.25, 0.3) is 5.91 Å². The normalized spacial score (nSPS) is 14.5. The van der Waals surface area contributed by atoms with Crippen molar-refractivity contribution in [3.8, 4) is 17.1 Å². The van der Waals surface area contributed by atoms with E-state index in [0.29, 0.717) is 5.56 Å². The van der Waals surface area contributed by atoms with E-state index in [-0.39, 0.29) is 11.4 Å². The predicted molar refractivity (Wildman–Crippen MR) is 96.0 cm³/mol. The lowest BCUT2D eigenvalue weighted by Gasteiger charge is -2.32. The second-order valence-corrected chi connectivity index (χ2v) is 6.85. The fourth-order valence-corrected chi connectivity index (χ4v) is 3.41. The molecule has 1 aromatic carbocycles. The molecule has 0 fully saturated rings. The van der Waals surface area contributed by atoms with Gasteiger partial charge < -0.3 is 19.6 Å². The van der Waals surface area contributed by atoms with Crippen molar-refractivity contribution in [3.63, 3.8) is 0 Å². The second kappa shape index (κ2) is 5.51. The average Bonchev–Trinajstić information content (AvgIpc) is 3.22. The zero-order valence-electron chi connectivity index (χ0n) is 14.5. The molecule has 0 aliphatic carbocycles. The molecule has 0 unspecified atom stereocenters. The monoisotopic (exact) mass is 336 g/mol. The number of anilines is 1. The van der Waals surface area contributed by atoms with Gasteiger partial charge in [-0.1, -0.05) is 0 Å². The van der Waals surface area contributed by atoms with Gasteiger partial charge in [0.2, 0.25) is 0 Å². The van der Waals surface area contributed by atoms with Crippen molar-refractivity contribution in [1.82, 2.24) is 14.5 Å². The van der Waals surface area contributed by atoms with Crippen molar-refractivity contribution in [2.24, 2.45) is 0 Å². The number of imidazole rings is 1. The maximum atomic E-state index is 12.8. The summed E-state index contributed by atoms with van der Waals surface area (Å²) >= 11 is 0. The quantitative estimate of drug-likeness (QED) is 0.770. The maximum absolute atomic E-state index is 12.8. The van der Waals surface area contributed by atoms with Crippen LogP contribution in [0.2, 0.25) is 0 Å². The lowest BCUT2D eigenvalue weighted by Crippen LogP contribution is -2.33. The van der Waals surface area contributed by atoms with Gasteiger partial charge in [-0.15, -0.1) is 0 Å². The Morgan fingerprint density at radius 1 is 1.32 bits per heavy atom. The number of fused-ring (bicyclic) bond motifs is 3. The number of methoxy groups -OCH3 is 1. The number of hydrogen-bond acceptors (Lipinski definition) is 3. The minimum Gasteiger partial charge on any atom is -0.497 e. The first-order valence-corrected chi connectivity index (χ1v) is 8.19. The molecule has 1 aliphatic heterocycles. The molecule has 25 heavy (non-hydrogen) atoms. The molecule has 2 aromatic heterocycles. The number of rotatable bonds is 3. The van der Waals surface area contributed by atoms with E-state index in [2.05, 4.69) is 33.7 Å². The van der Waals surface area contributed by atoms with Crippen molar-refractivity contribution in [3.05, 3.63) is 54.1 Å². The topological polar surface area (TPSA) is 71.9 Å². The zero-order chi connectivity index (χ0) is 17.6. The van der Waals surface area contributed by atoms with Crippen LogP contribution in [0.4, 0.5) is 5.69 Å². The van der Waals surface area contributed by atoms with Gasteiger partial charge >= 0.3 is 0 Å². The van der Waals surface area contributed by atoms with Crippen molar-refractivity contribution < 1.29 is 9.53 Å². The molecular weight excluding hydrogens is 316 g/mol. The Hall–Kier alpha value is -3.02. The summed E-state index contributed by atoms with van der Waals surface area (Å²) in [6, 6.07) is 7.27. The summed E-state index contributed by atoms with van der Waals surface area (Å²) < 4.78 is 7.27. The third-order valence-electron chi connectivity index (χ3n) is 4.68. The van der Waals surface area contributed by atoms with Crippen LogP contribution in [0.1, 0.15) is 29.9 Å². The predicted octanol–water partition coefficient (Wildman–Crippen LogP) is 3.43. The molecule has 0 saturated heterocycles. The van der Waals surface area contributed by atoms with Crippen LogP contribution in [-0.2, 0) is 12.0 Å². The van der Waals surface area contributed by atoms with E-state index in [1.54, 1.807) is 19.5 Å². The molecule has 128 valence electrons. The molecule has 6 heteroatoms. The molecular formula is C19H20N4O2. The fraction of sp³-hybridized carbons (Fsp3) is 0.263. The zero-order valence-corrected chi connectivity index (χ0v) is 14.5. The number of aromatic amines is 1. The molecule has 3 heterocycles. The third kappa shape index (κ3) is 2.50. The minimum absolute atomic E-state index is 0.0760. The Morgan fingerprint density at radius 3 is 2.80 bits per heavy atom. The highest BCUT2D eigenvalue weighted by Crippen LogP contribution is 2.38. The highest BCUT2D eigenvalue weighted by atomic mass is 16.5. The Labute approximate surface area is 145 Å². The van der Waals surface area contributed by atoms with Crippen molar-refractivity contribution in [2.75, 3.05) is 12.4 Å². The van der Waals surface area contributed by atoms with Gasteiger partial charge in [0.05, 0.1) is 18.2 Å². The maximum Gasteiger partial charge on any atom is 0.257 e. The van der Waals surface area contributed by atoms with E-state index in [1.165, 1.54) is 0 Å². The Bertz CT molecular complexity index is 935. The van der Waals surface area contributed by atoms with Gasteiger partial charge in [0, 0.05) is 41.9 Å². The summed E-state index contributed by atoms with van der Waals surface area (Å²) in [5, 5.41) is 2.94. The lowest BCUT2D eigenvalue weighted by molar-refractivity contribution is 0.102. The Balaban J connectivity index is 1.67. The molecule has 0 radical (unpaired) electrons. The first-order chi connectivity index (χ1) is 12.0. The van der Waals surface area contributed by atoms with E-state index in [0.717, 1.165) is 34.9 Å². The van der Waals surface area contributed by atoms with Gasteiger partial charge in [-0.2, -0.15) is 0 Å². The highest BCUT2D eigenvalue weighted by molar-refractivity contribution is 6.08. The molecule has 3 aromatic rings. The van der Waals surface area contributed by atoms with E-state index >= 15 is 0 Å². The molecule has 6 nitrogen and oxygen atoms in total. The number of nitrogens with one attached hydrogen (secondary N) is 2. The smallest absolute Gasteiger partial charge is 0.257 e. The lowest BCUT2D eigenvalue weighted by atomic mass is 9.90. The molecule has 1 aliphatic rings. The fourth-order valence-electron chi connectivity index (χ4n) is 3.41. The van der Waals surface area contributed by atoms with Crippen LogP contribution in [0, 0.1) is 0 Å². The molecule has 4 rings (SSSR count). The largest absolute Gasteiger partial charge is 0.497 e. The number of ether oxygens (including phenoxy) is 1. The number of carbonyl (C=O) groups is 1. The van der Waals surface area contributed by atoms with Gasteiger partial charge in [-0.3, -0.25) is 4.79 Å². The van der Waals surface area contributed by atoms with Crippen LogP contribution in [0.25, 0.3) is 11.4 Å². The molecule has 0 atom stereocenters. The molecule has 0 saturated carbocycles. The van der Waals surface area contributed by atoms with Crippen LogP contribution in [0.5, 0.6) is 5.75 Å². The van der Waals surface area contributed by atoms with Crippen LogP contribution in [0.15, 0.2) is 42.9 Å². The summed E-state index contributed by atoms with van der Waals surface area (Å²) in [7, 11) is 1.61. The molecule has 0 spiro atoms. The van der Waals surface area contributed by atoms with Crippen LogP contribution in [-0.4, -0.2) is 27.6 Å². The summed E-state index contributed by atoms with van der Waals surface area (Å²) in [5.74, 6) is 1.42. The van der Waals surface area contributed by atoms with Crippen molar-refractivity contribution in [1.29, 1.82) is 0 Å². The molecule has 2 N–H and O–H groups in total. The van der Waals surface area contributed by atoms with Gasteiger partial charge in [-0.25, -0.2) is 4.98 Å². The number of nitrogens with zero attached hydrogens (tertiary/aromatic N) is 2. The van der Waals surface area contributed by atoms with Crippen molar-refractivity contribution in [2.45, 2.75) is 25.8 Å². The summed E-state index contributed by atoms with van der Waals surface area (Å²) in [6.45, 7) is 4.33. The van der Waals surface area contributed by atoms with E-state index in [4.69, 9.17) is 4.74 Å². The average molecular weight is 336 g/mol. The van der Waals surface area contributed by atoms with Crippen LogP contribution >= 0.6 is 0 Å². The summed E-state index contributed by atoms with van der Waals surface area (Å²) in [4.78, 5) is 20.5. The standard InChI is InChI=1S/C19H20N4O2/c1-19(2)10-15-16(17-20-8-9-23(17)19)14(11-21-15)18(24)22-12-4-6-13(25-3)7-5-12/h4-9,11,21H,10H2,1-3H3,(H,22,24). The van der Waals surface area contributed by atoms with Crippen LogP contribution < -0.4 is 10.1 Å². The molecule has 1 amide bonds. The Kier molecular flexibility index (Phi) is 3.42. The first-order valence-electron chi connectivity index (χ1n) is 8.19. The summed E-state index contributed by atoms with van der Waals surface area (Å²) in [5.41, 5.74) is 3.18. The number of carbonyl (C=O) groups excluding carboxylic acids is 1. The minimum atomic E-state index is -0.156. The van der Waals surface area contributed by atoms with Crippen LogP contribution in [0.3, 0.4) is 0 Å². The van der Waals surface area contributed by atoms with Gasteiger partial charge in [0.15, 0.2) is 0 Å². The first kappa shape index (κ1) is 15.5. The molecule has 0 bridgehead atoms. The van der Waals surface area contributed by atoms with Gasteiger partial charge in [-0.05, 0) is 38.1 Å². The number of H-pyrrole nitrogens is 1. The number of benzene rings is 1. The highest BCUT2D eigenvalue weighted by Gasteiger charge is 2.34. The Morgan fingerprint density at radius 2 is 2.08 bits per heavy atom. The number of amides is 1. The van der Waals surface area contributed by atoms with E-state index in [9.17, 15) is 4.79 Å². The SMILES string of the molecule is COc1ccc(NC(=O)c2c[nH]c3c2-c2nccn2C(C)(C)C3)cc1. The van der Waals surface area contributed by atoms with E-state index in [1.807, 2.05) is 30.5 Å². The van der Waals surface area contributed by atoms with Crippen molar-refractivity contribution >= 4 is 11.6 Å². The number of aromatic nitrogens is 3. The van der Waals surface area contributed by atoms with E-state index < -0.39 is 0 Å². The summed E-state index contributed by atoms with van der Waals surface area (Å²) in [6.07, 6.45) is 6.34. The number of hydrogen-bond donors (Lipinski definition) is 2. The van der Waals surface area contributed by atoms with Gasteiger partial charge in [0.1, 0.15) is 11.6 Å².